The van der Waals surface area contributed by atoms with Crippen molar-refractivity contribution in [3.63, 3.8) is 0 Å². The minimum atomic E-state index is -0.345. The summed E-state index contributed by atoms with van der Waals surface area (Å²) in [4.78, 5) is 19.2. The second-order valence-corrected chi connectivity index (χ2v) is 7.13. The summed E-state index contributed by atoms with van der Waals surface area (Å²) in [5.41, 5.74) is 0.466. The molecule has 2 saturated heterocycles. The van der Waals surface area contributed by atoms with Gasteiger partial charge in [-0.1, -0.05) is 6.07 Å². The summed E-state index contributed by atoms with van der Waals surface area (Å²) < 4.78 is 13.3. The fourth-order valence-electron chi connectivity index (χ4n) is 3.76. The van der Waals surface area contributed by atoms with E-state index in [4.69, 9.17) is 0 Å². The maximum atomic E-state index is 13.3. The molecule has 2 fully saturated rings. The maximum Gasteiger partial charge on any atom is 0.253 e. The summed E-state index contributed by atoms with van der Waals surface area (Å²) in [7, 11) is 4.20. The first-order valence-corrected chi connectivity index (χ1v) is 8.45. The normalized spacial score (nSPS) is 25.0. The fourth-order valence-corrected chi connectivity index (χ4v) is 3.76. The highest BCUT2D eigenvalue weighted by atomic mass is 19.1. The van der Waals surface area contributed by atoms with Crippen LogP contribution in [0.3, 0.4) is 0 Å². The van der Waals surface area contributed by atoms with E-state index < -0.39 is 0 Å². The number of carbonyl (C=O) groups is 1. The van der Waals surface area contributed by atoms with E-state index in [1.807, 2.05) is 4.90 Å². The van der Waals surface area contributed by atoms with Crippen LogP contribution in [0.2, 0.25) is 0 Å². The molecule has 0 spiro atoms. The third-order valence-electron chi connectivity index (χ3n) is 5.11. The predicted molar refractivity (Wildman–Crippen MR) is 88.9 cm³/mol. The van der Waals surface area contributed by atoms with E-state index in [-0.39, 0.29) is 11.7 Å². The molecule has 3 rings (SSSR count). The second kappa shape index (κ2) is 6.97. The van der Waals surface area contributed by atoms with Crippen LogP contribution in [0.1, 0.15) is 16.8 Å². The number of piperidine rings is 1. The van der Waals surface area contributed by atoms with E-state index in [2.05, 4.69) is 23.9 Å². The number of likely N-dealkylation sites (tertiary alicyclic amines) is 2. The first-order valence-electron chi connectivity index (χ1n) is 8.45. The molecule has 0 radical (unpaired) electrons. The van der Waals surface area contributed by atoms with Gasteiger partial charge in [0.1, 0.15) is 5.82 Å². The summed E-state index contributed by atoms with van der Waals surface area (Å²) in [6.45, 7) is 5.99. The number of benzene rings is 1. The largest absolute Gasteiger partial charge is 0.338 e. The Balaban J connectivity index is 1.59. The molecule has 1 amide bonds. The molecule has 1 aromatic carbocycles. The highest BCUT2D eigenvalue weighted by Crippen LogP contribution is 2.31. The van der Waals surface area contributed by atoms with Crippen LogP contribution in [0.15, 0.2) is 24.3 Å². The van der Waals surface area contributed by atoms with E-state index in [1.54, 1.807) is 12.1 Å². The van der Waals surface area contributed by atoms with Crippen LogP contribution in [0.5, 0.6) is 0 Å². The van der Waals surface area contributed by atoms with Gasteiger partial charge in [-0.3, -0.25) is 4.79 Å². The van der Waals surface area contributed by atoms with Crippen LogP contribution >= 0.6 is 0 Å². The Kier molecular flexibility index (Phi) is 4.97. The molecule has 0 aromatic heterocycles. The van der Waals surface area contributed by atoms with E-state index in [1.165, 1.54) is 12.1 Å². The topological polar surface area (TPSA) is 26.8 Å². The Bertz CT molecular complexity index is 563. The van der Waals surface area contributed by atoms with Crippen molar-refractivity contribution in [3.8, 4) is 0 Å². The van der Waals surface area contributed by atoms with Crippen LogP contribution in [-0.4, -0.2) is 74.0 Å². The maximum absolute atomic E-state index is 13.3. The van der Waals surface area contributed by atoms with Gasteiger partial charge in [0.2, 0.25) is 0 Å². The van der Waals surface area contributed by atoms with Crippen LogP contribution < -0.4 is 0 Å². The second-order valence-electron chi connectivity index (χ2n) is 7.13. The van der Waals surface area contributed by atoms with Crippen molar-refractivity contribution < 1.29 is 9.18 Å². The monoisotopic (exact) mass is 319 g/mol. The first-order chi connectivity index (χ1) is 11.0. The average Bonchev–Trinajstić information content (AvgIpc) is 2.95. The van der Waals surface area contributed by atoms with E-state index in [0.717, 1.165) is 45.7 Å². The molecule has 0 saturated carbocycles. The third-order valence-corrected chi connectivity index (χ3v) is 5.11. The quantitative estimate of drug-likeness (QED) is 0.846. The molecule has 0 bridgehead atoms. The number of hydrogen-bond donors (Lipinski definition) is 0. The molecule has 2 aliphatic heterocycles. The van der Waals surface area contributed by atoms with Crippen LogP contribution in [0, 0.1) is 17.7 Å². The summed E-state index contributed by atoms with van der Waals surface area (Å²) in [6.07, 6.45) is 1.16. The molecule has 23 heavy (non-hydrogen) atoms. The number of hydrogen-bond acceptors (Lipinski definition) is 3. The molecule has 0 aliphatic carbocycles. The number of likely N-dealkylation sites (N-methyl/N-ethyl adjacent to an activating group) is 1. The molecule has 0 unspecified atom stereocenters. The zero-order valence-electron chi connectivity index (χ0n) is 14.0. The lowest BCUT2D eigenvalue weighted by Gasteiger charge is -2.34. The molecule has 2 atom stereocenters. The van der Waals surface area contributed by atoms with Crippen LogP contribution in [0.25, 0.3) is 0 Å². The van der Waals surface area contributed by atoms with Crippen molar-refractivity contribution in [1.29, 1.82) is 0 Å². The molecule has 0 N–H and O–H groups in total. The van der Waals surface area contributed by atoms with Gasteiger partial charge in [0, 0.05) is 38.3 Å². The standard InChI is InChI=1S/C18H26FN3O/c1-20(2)8-9-21-7-6-15-12-22(13-16(15)11-21)18(23)14-4-3-5-17(19)10-14/h3-5,10,15-16H,6-9,11-13H2,1-2H3/t15-,16+/m1/s1. The first kappa shape index (κ1) is 16.4. The SMILES string of the molecule is CN(C)CCN1CC[C@@H]2CN(C(=O)c3cccc(F)c3)C[C@@H]2C1. The van der Waals surface area contributed by atoms with Crippen LogP contribution in [-0.2, 0) is 0 Å². The molecular formula is C18H26FN3O. The Morgan fingerprint density at radius 3 is 2.78 bits per heavy atom. The zero-order valence-corrected chi connectivity index (χ0v) is 14.0. The fraction of sp³-hybridized carbons (Fsp3) is 0.611. The molecule has 5 heteroatoms. The van der Waals surface area contributed by atoms with Gasteiger partial charge in [0.05, 0.1) is 0 Å². The predicted octanol–water partition coefficient (Wildman–Crippen LogP) is 1.78. The van der Waals surface area contributed by atoms with Gasteiger partial charge >= 0.3 is 0 Å². The van der Waals surface area contributed by atoms with E-state index in [9.17, 15) is 9.18 Å². The molecule has 1 aromatic rings. The van der Waals surface area contributed by atoms with Crippen LogP contribution in [0.4, 0.5) is 4.39 Å². The van der Waals surface area contributed by atoms with Gasteiger partial charge in [-0.15, -0.1) is 0 Å². The Morgan fingerprint density at radius 1 is 1.26 bits per heavy atom. The van der Waals surface area contributed by atoms with Gasteiger partial charge in [-0.05, 0) is 57.1 Å². The molecular weight excluding hydrogens is 293 g/mol. The number of halogens is 1. The number of nitrogens with zero attached hydrogens (tertiary/aromatic N) is 3. The highest BCUT2D eigenvalue weighted by Gasteiger charge is 2.38. The summed E-state index contributed by atoms with van der Waals surface area (Å²) >= 11 is 0. The van der Waals surface area contributed by atoms with Crippen molar-refractivity contribution in [3.05, 3.63) is 35.6 Å². The number of fused-ring (bicyclic) bond motifs is 1. The highest BCUT2D eigenvalue weighted by molar-refractivity contribution is 5.94. The van der Waals surface area contributed by atoms with Crippen molar-refractivity contribution >= 4 is 5.91 Å². The smallest absolute Gasteiger partial charge is 0.253 e. The van der Waals surface area contributed by atoms with Gasteiger partial charge in [-0.25, -0.2) is 4.39 Å². The van der Waals surface area contributed by atoms with Gasteiger partial charge in [0.15, 0.2) is 0 Å². The number of carbonyl (C=O) groups excluding carboxylic acids is 1. The minimum Gasteiger partial charge on any atom is -0.338 e. The van der Waals surface area contributed by atoms with Gasteiger partial charge in [0.25, 0.3) is 5.91 Å². The lowest BCUT2D eigenvalue weighted by Crippen LogP contribution is -2.42. The van der Waals surface area contributed by atoms with E-state index in [0.29, 0.717) is 17.4 Å². The zero-order chi connectivity index (χ0) is 16.4. The Labute approximate surface area is 137 Å². The summed E-state index contributed by atoms with van der Waals surface area (Å²) in [6, 6.07) is 6.03. The lowest BCUT2D eigenvalue weighted by atomic mass is 9.89. The van der Waals surface area contributed by atoms with Gasteiger partial charge in [-0.2, -0.15) is 0 Å². The van der Waals surface area contributed by atoms with Gasteiger partial charge < -0.3 is 14.7 Å². The Hall–Kier alpha value is -1.46. The van der Waals surface area contributed by atoms with E-state index >= 15 is 0 Å². The average molecular weight is 319 g/mol. The summed E-state index contributed by atoms with van der Waals surface area (Å²) in [5, 5.41) is 0. The molecule has 2 aliphatic rings. The number of amides is 1. The summed E-state index contributed by atoms with van der Waals surface area (Å²) in [5.74, 6) is 0.785. The van der Waals surface area contributed by atoms with Crippen molar-refractivity contribution in [2.45, 2.75) is 6.42 Å². The Morgan fingerprint density at radius 2 is 2.04 bits per heavy atom. The lowest BCUT2D eigenvalue weighted by molar-refractivity contribution is 0.0783. The third kappa shape index (κ3) is 3.90. The minimum absolute atomic E-state index is 0.0289. The molecule has 4 nitrogen and oxygen atoms in total. The van der Waals surface area contributed by atoms with Crippen molar-refractivity contribution in [2.75, 3.05) is 53.4 Å². The van der Waals surface area contributed by atoms with Crippen molar-refractivity contribution in [1.82, 2.24) is 14.7 Å². The number of rotatable bonds is 4. The molecule has 2 heterocycles. The van der Waals surface area contributed by atoms with Crippen molar-refractivity contribution in [2.24, 2.45) is 11.8 Å². The molecule has 126 valence electrons.